The van der Waals surface area contributed by atoms with Crippen molar-refractivity contribution < 1.29 is 18.7 Å². The van der Waals surface area contributed by atoms with Crippen molar-refractivity contribution in [2.75, 3.05) is 38.3 Å². The van der Waals surface area contributed by atoms with Gasteiger partial charge in [0, 0.05) is 36.2 Å². The van der Waals surface area contributed by atoms with Crippen molar-refractivity contribution in [2.24, 2.45) is 0 Å². The van der Waals surface area contributed by atoms with Gasteiger partial charge in [0.2, 0.25) is 0 Å². The predicted octanol–water partition coefficient (Wildman–Crippen LogP) is 3.41. The summed E-state index contributed by atoms with van der Waals surface area (Å²) in [6.45, 7) is 2.20. The largest absolute Gasteiger partial charge is 0.378 e. The number of thioether (sulfide) groups is 1. The van der Waals surface area contributed by atoms with Crippen molar-refractivity contribution >= 4 is 35.3 Å². The fourth-order valence-electron chi connectivity index (χ4n) is 3.21. The van der Waals surface area contributed by atoms with Gasteiger partial charge in [0.15, 0.2) is 0 Å². The monoisotopic (exact) mass is 398 g/mol. The van der Waals surface area contributed by atoms with E-state index in [9.17, 15) is 14.0 Å². The summed E-state index contributed by atoms with van der Waals surface area (Å²) >= 11 is 1.29. The first-order chi connectivity index (χ1) is 13.5. The molecule has 2 heterocycles. The van der Waals surface area contributed by atoms with Gasteiger partial charge in [-0.15, -0.1) is 0 Å². The number of amides is 2. The van der Waals surface area contributed by atoms with Gasteiger partial charge in [-0.3, -0.25) is 9.59 Å². The molecule has 5 nitrogen and oxygen atoms in total. The molecule has 144 valence electrons. The molecule has 0 unspecified atom stereocenters. The number of benzene rings is 2. The molecular formula is C21H19FN2O3S. The number of nitrogens with zero attached hydrogens (tertiary/aromatic N) is 2. The Labute approximate surface area is 166 Å². The maximum absolute atomic E-state index is 14.0. The van der Waals surface area contributed by atoms with Gasteiger partial charge in [0.25, 0.3) is 11.8 Å². The topological polar surface area (TPSA) is 49.9 Å². The van der Waals surface area contributed by atoms with Gasteiger partial charge in [0.05, 0.1) is 23.8 Å². The maximum atomic E-state index is 14.0. The Bertz CT molecular complexity index is 970. The number of carbonyl (C=O) groups excluding carboxylic acids is 2. The number of anilines is 1. The molecule has 28 heavy (non-hydrogen) atoms. The molecule has 2 aromatic rings. The summed E-state index contributed by atoms with van der Waals surface area (Å²) in [6, 6.07) is 11.7. The third-order valence-electron chi connectivity index (χ3n) is 4.79. The van der Waals surface area contributed by atoms with E-state index in [0.717, 1.165) is 4.90 Å². The minimum Gasteiger partial charge on any atom is -0.378 e. The lowest BCUT2D eigenvalue weighted by Crippen LogP contribution is -2.40. The fraction of sp³-hybridized carbons (Fsp3) is 0.238. The smallest absolute Gasteiger partial charge is 0.264 e. The normalized spacial score (nSPS) is 18.4. The molecule has 0 N–H and O–H groups in total. The van der Waals surface area contributed by atoms with Gasteiger partial charge in [-0.05, 0) is 30.3 Å². The molecule has 2 amide bonds. The molecule has 0 atom stereocenters. The zero-order valence-corrected chi connectivity index (χ0v) is 16.2. The highest BCUT2D eigenvalue weighted by atomic mass is 32.2. The van der Waals surface area contributed by atoms with Crippen LogP contribution in [0.3, 0.4) is 0 Å². The second-order valence-corrected chi connectivity index (χ2v) is 7.67. The molecule has 1 fully saturated rings. The van der Waals surface area contributed by atoms with Crippen LogP contribution >= 0.6 is 11.8 Å². The summed E-state index contributed by atoms with van der Waals surface area (Å²) < 4.78 is 19.2. The van der Waals surface area contributed by atoms with Crippen molar-refractivity contribution in [1.82, 2.24) is 4.90 Å². The Hall–Kier alpha value is -2.64. The van der Waals surface area contributed by atoms with Crippen LogP contribution in [0.2, 0.25) is 0 Å². The Morgan fingerprint density at radius 2 is 1.93 bits per heavy atom. The Morgan fingerprint density at radius 3 is 2.68 bits per heavy atom. The number of likely N-dealkylation sites (N-methyl/N-ethyl adjacent to an activating group) is 1. The average Bonchev–Trinajstić information content (AvgIpc) is 2.73. The summed E-state index contributed by atoms with van der Waals surface area (Å²) in [5, 5.41) is 0. The first-order valence-electron chi connectivity index (χ1n) is 8.98. The van der Waals surface area contributed by atoms with Crippen LogP contribution in [-0.4, -0.2) is 50.1 Å². The third-order valence-corrected chi connectivity index (χ3v) is 5.87. The van der Waals surface area contributed by atoms with Gasteiger partial charge >= 0.3 is 0 Å². The second kappa shape index (κ2) is 7.77. The lowest BCUT2D eigenvalue weighted by atomic mass is 10.1. The molecule has 0 saturated carbocycles. The molecule has 0 spiro atoms. The molecule has 0 aliphatic carbocycles. The summed E-state index contributed by atoms with van der Waals surface area (Å²) in [5.41, 5.74) is 1.59. The van der Waals surface area contributed by atoms with Gasteiger partial charge in [-0.25, -0.2) is 4.39 Å². The van der Waals surface area contributed by atoms with Crippen molar-refractivity contribution in [1.29, 1.82) is 0 Å². The summed E-state index contributed by atoms with van der Waals surface area (Å²) in [7, 11) is 1.67. The third kappa shape index (κ3) is 3.55. The quantitative estimate of drug-likeness (QED) is 0.728. The number of fused-ring (bicyclic) bond motifs is 1. The molecule has 4 rings (SSSR count). The summed E-state index contributed by atoms with van der Waals surface area (Å²) in [5.74, 6) is -0.662. The lowest BCUT2D eigenvalue weighted by molar-refractivity contribution is -0.114. The van der Waals surface area contributed by atoms with Crippen LogP contribution in [0.25, 0.3) is 6.08 Å². The van der Waals surface area contributed by atoms with Gasteiger partial charge in [0.1, 0.15) is 5.82 Å². The summed E-state index contributed by atoms with van der Waals surface area (Å²) in [6.07, 6.45) is 1.56. The Balaban J connectivity index is 1.63. The van der Waals surface area contributed by atoms with Gasteiger partial charge in [-0.2, -0.15) is 0 Å². The van der Waals surface area contributed by atoms with Gasteiger partial charge < -0.3 is 14.5 Å². The number of morpholine rings is 1. The standard InChI is InChI=1S/C21H19FN2O3S/c1-23-17-12-15(20(25)24-8-10-27-11-9-24)6-7-18(17)28-19(21(23)26)13-14-4-2-3-5-16(14)22/h2-7,12-13H,8-11H2,1H3. The van der Waals surface area contributed by atoms with Crippen molar-refractivity contribution in [3.8, 4) is 0 Å². The Kier molecular flexibility index (Phi) is 5.19. The molecule has 2 aliphatic heterocycles. The Morgan fingerprint density at radius 1 is 1.18 bits per heavy atom. The molecular weight excluding hydrogens is 379 g/mol. The van der Waals surface area contributed by atoms with Crippen molar-refractivity contribution in [3.63, 3.8) is 0 Å². The van der Waals surface area contributed by atoms with E-state index in [-0.39, 0.29) is 17.6 Å². The van der Waals surface area contributed by atoms with E-state index in [4.69, 9.17) is 4.74 Å². The SMILES string of the molecule is CN1C(=O)C(=Cc2ccccc2F)Sc2ccc(C(=O)N3CCOCC3)cc21. The minimum atomic E-state index is -0.372. The molecule has 7 heteroatoms. The molecule has 0 aromatic heterocycles. The van der Waals surface area contributed by atoms with E-state index in [1.807, 2.05) is 6.07 Å². The van der Waals surface area contributed by atoms with Crippen LogP contribution in [0, 0.1) is 5.82 Å². The first-order valence-corrected chi connectivity index (χ1v) is 9.79. The fourth-order valence-corrected chi connectivity index (χ4v) is 4.29. The van der Waals surface area contributed by atoms with Gasteiger partial charge in [-0.1, -0.05) is 30.0 Å². The van der Waals surface area contributed by atoms with Crippen molar-refractivity contribution in [3.05, 3.63) is 64.3 Å². The predicted molar refractivity (Wildman–Crippen MR) is 107 cm³/mol. The first kappa shape index (κ1) is 18.7. The molecule has 0 radical (unpaired) electrons. The van der Waals surface area contributed by atoms with E-state index in [0.29, 0.717) is 48.0 Å². The van der Waals surface area contributed by atoms with Crippen LogP contribution in [0.15, 0.2) is 52.3 Å². The number of hydrogen-bond acceptors (Lipinski definition) is 4. The number of carbonyl (C=O) groups is 2. The highest BCUT2D eigenvalue weighted by molar-refractivity contribution is 8.04. The van der Waals surface area contributed by atoms with E-state index < -0.39 is 0 Å². The number of rotatable bonds is 2. The lowest BCUT2D eigenvalue weighted by Gasteiger charge is -2.29. The zero-order valence-electron chi connectivity index (χ0n) is 15.4. The maximum Gasteiger partial charge on any atom is 0.264 e. The van der Waals surface area contributed by atoms with Crippen LogP contribution in [-0.2, 0) is 9.53 Å². The minimum absolute atomic E-state index is 0.0651. The van der Waals surface area contributed by atoms with Crippen LogP contribution < -0.4 is 4.90 Å². The highest BCUT2D eigenvalue weighted by Crippen LogP contribution is 2.42. The van der Waals surface area contributed by atoms with E-state index >= 15 is 0 Å². The van der Waals surface area contributed by atoms with Crippen LogP contribution in [0.1, 0.15) is 15.9 Å². The molecule has 2 aromatic carbocycles. The van der Waals surface area contributed by atoms with Crippen LogP contribution in [0.5, 0.6) is 0 Å². The molecule has 0 bridgehead atoms. The summed E-state index contributed by atoms with van der Waals surface area (Å²) in [4.78, 5) is 30.1. The van der Waals surface area contributed by atoms with Crippen molar-refractivity contribution in [2.45, 2.75) is 4.90 Å². The molecule has 2 aliphatic rings. The number of ether oxygens (including phenoxy) is 1. The van der Waals surface area contributed by atoms with E-state index in [2.05, 4.69) is 0 Å². The number of hydrogen-bond donors (Lipinski definition) is 0. The van der Waals surface area contributed by atoms with E-state index in [1.54, 1.807) is 48.4 Å². The van der Waals surface area contributed by atoms with E-state index in [1.165, 1.54) is 22.7 Å². The highest BCUT2D eigenvalue weighted by Gasteiger charge is 2.28. The average molecular weight is 398 g/mol. The molecule has 1 saturated heterocycles. The number of halogens is 1. The zero-order chi connectivity index (χ0) is 19.7. The second-order valence-electron chi connectivity index (χ2n) is 6.58. The van der Waals surface area contributed by atoms with Crippen LogP contribution in [0.4, 0.5) is 10.1 Å².